The Bertz CT molecular complexity index is 1940. The topological polar surface area (TPSA) is 51.8 Å². The first-order valence-electron chi connectivity index (χ1n) is 13.7. The molecule has 213 valence electrons. The van der Waals surface area contributed by atoms with Crippen LogP contribution in [0.3, 0.4) is 0 Å². The fourth-order valence-corrected chi connectivity index (χ4v) is 5.63. The molecule has 6 heteroatoms. The van der Waals surface area contributed by atoms with E-state index in [9.17, 15) is 0 Å². The maximum Gasteiger partial charge on any atom is 0.148 e. The first-order chi connectivity index (χ1) is 19.7. The van der Waals surface area contributed by atoms with Gasteiger partial charge in [-0.15, -0.1) is 64.9 Å². The van der Waals surface area contributed by atoms with E-state index in [4.69, 9.17) is 9.40 Å². The van der Waals surface area contributed by atoms with Crippen LogP contribution in [0.25, 0.3) is 54.7 Å². The molecule has 0 spiro atoms. The molecule has 0 unspecified atom stereocenters. The van der Waals surface area contributed by atoms with Crippen LogP contribution in [0.2, 0.25) is 0 Å². The van der Waals surface area contributed by atoms with Crippen LogP contribution in [0.15, 0.2) is 83.5 Å². The van der Waals surface area contributed by atoms with Crippen LogP contribution in [-0.2, 0) is 25.5 Å². The van der Waals surface area contributed by atoms with Gasteiger partial charge in [-0.1, -0.05) is 69.0 Å². The van der Waals surface area contributed by atoms with E-state index in [1.54, 1.807) is 11.3 Å². The van der Waals surface area contributed by atoms with Crippen molar-refractivity contribution in [3.05, 3.63) is 113 Å². The third kappa shape index (κ3) is 5.93. The molecule has 4 aromatic heterocycles. The Morgan fingerprint density at radius 3 is 2.00 bits per heavy atom. The number of hydrogen-bond donors (Lipinski definition) is 0. The summed E-state index contributed by atoms with van der Waals surface area (Å²) in [5, 5.41) is 3.29. The summed E-state index contributed by atoms with van der Waals surface area (Å²) in [5.41, 5.74) is 9.97. The summed E-state index contributed by atoms with van der Waals surface area (Å²) < 4.78 is 7.54. The summed E-state index contributed by atoms with van der Waals surface area (Å²) in [6.07, 6.45) is 3.75. The van der Waals surface area contributed by atoms with Crippen molar-refractivity contribution in [2.24, 2.45) is 0 Å². The first kappa shape index (κ1) is 29.8. The van der Waals surface area contributed by atoms with Crippen molar-refractivity contribution in [2.45, 2.75) is 47.0 Å². The molecule has 0 aliphatic carbocycles. The van der Waals surface area contributed by atoms with Gasteiger partial charge in [0.1, 0.15) is 11.1 Å². The van der Waals surface area contributed by atoms with E-state index in [1.165, 1.54) is 11.1 Å². The number of hydrogen-bond acceptors (Lipinski definition) is 5. The number of benzene rings is 3. The molecule has 0 bridgehead atoms. The molecule has 0 atom stereocenters. The molecular formula is C36H31IrN3OS-2. The molecule has 4 nitrogen and oxygen atoms in total. The Morgan fingerprint density at radius 1 is 0.714 bits per heavy atom. The number of rotatable bonds is 2. The molecule has 0 aliphatic heterocycles. The number of pyridine rings is 2. The third-order valence-electron chi connectivity index (χ3n) is 6.92. The van der Waals surface area contributed by atoms with E-state index >= 15 is 0 Å². The van der Waals surface area contributed by atoms with Gasteiger partial charge in [0, 0.05) is 43.3 Å². The summed E-state index contributed by atoms with van der Waals surface area (Å²) in [6, 6.07) is 29.1. The van der Waals surface area contributed by atoms with E-state index in [0.29, 0.717) is 0 Å². The van der Waals surface area contributed by atoms with Gasteiger partial charge in [0.15, 0.2) is 0 Å². The van der Waals surface area contributed by atoms with Gasteiger partial charge in [0.25, 0.3) is 0 Å². The second kappa shape index (κ2) is 11.9. The fraction of sp³-hybridized carbons (Fsp3) is 0.194. The molecule has 3 aromatic carbocycles. The van der Waals surface area contributed by atoms with Crippen molar-refractivity contribution in [3.63, 3.8) is 0 Å². The minimum absolute atomic E-state index is 0. The number of aromatic nitrogens is 3. The quantitative estimate of drug-likeness (QED) is 0.166. The van der Waals surface area contributed by atoms with Crippen LogP contribution in [-0.4, -0.2) is 15.0 Å². The molecule has 0 saturated carbocycles. The van der Waals surface area contributed by atoms with Crippen LogP contribution in [0.4, 0.5) is 0 Å². The van der Waals surface area contributed by atoms with Crippen LogP contribution in [0.1, 0.15) is 42.5 Å². The summed E-state index contributed by atoms with van der Waals surface area (Å²) in [6.45, 7) is 12.7. The van der Waals surface area contributed by atoms with Crippen molar-refractivity contribution in [1.29, 1.82) is 0 Å². The van der Waals surface area contributed by atoms with Crippen molar-refractivity contribution >= 4 is 43.5 Å². The van der Waals surface area contributed by atoms with Crippen molar-refractivity contribution in [3.8, 4) is 22.5 Å². The minimum atomic E-state index is 0. The van der Waals surface area contributed by atoms with Crippen molar-refractivity contribution < 1.29 is 24.5 Å². The van der Waals surface area contributed by atoms with Gasteiger partial charge < -0.3 is 14.4 Å². The van der Waals surface area contributed by atoms with Crippen molar-refractivity contribution in [1.82, 2.24) is 15.0 Å². The summed E-state index contributed by atoms with van der Waals surface area (Å²) in [7, 11) is 0. The summed E-state index contributed by atoms with van der Waals surface area (Å²) >= 11 is 1.74. The van der Waals surface area contributed by atoms with Crippen LogP contribution in [0, 0.1) is 32.9 Å². The van der Waals surface area contributed by atoms with E-state index in [1.807, 2.05) is 56.6 Å². The molecular weight excluding hydrogens is 715 g/mol. The molecule has 42 heavy (non-hydrogen) atoms. The minimum Gasteiger partial charge on any atom is -0.498 e. The van der Waals surface area contributed by atoms with E-state index in [-0.39, 0.29) is 25.5 Å². The number of thiazole rings is 1. The second-order valence-electron chi connectivity index (χ2n) is 11.5. The Balaban J connectivity index is 0.000000200. The molecule has 7 aromatic rings. The van der Waals surface area contributed by atoms with Gasteiger partial charge in [-0.3, -0.25) is 0 Å². The average Bonchev–Trinajstić information content (AvgIpc) is 3.57. The zero-order valence-corrected chi connectivity index (χ0v) is 27.7. The number of aryl methyl sites for hydroxylation is 3. The zero-order valence-electron chi connectivity index (χ0n) is 24.5. The average molecular weight is 746 g/mol. The summed E-state index contributed by atoms with van der Waals surface area (Å²) in [4.78, 5) is 13.8. The van der Waals surface area contributed by atoms with Gasteiger partial charge in [-0.2, -0.15) is 0 Å². The monoisotopic (exact) mass is 746 g/mol. The normalized spacial score (nSPS) is 11.4. The SMILES string of the molecule is Cc1c[c-]c(-c2ccc(C)cn2)cc1.Cc1ccc(-c2[c-]ccc3c2oc2c3ccc3sc(C(C)(C)C)nc32)nc1.[Ir]. The molecule has 4 heterocycles. The number of furan rings is 1. The van der Waals surface area contributed by atoms with E-state index < -0.39 is 0 Å². The van der Waals surface area contributed by atoms with Crippen molar-refractivity contribution in [2.75, 3.05) is 0 Å². The largest absolute Gasteiger partial charge is 0.498 e. The Kier molecular flexibility index (Phi) is 8.43. The smallest absolute Gasteiger partial charge is 0.148 e. The van der Waals surface area contributed by atoms with Crippen LogP contribution < -0.4 is 0 Å². The molecule has 0 saturated heterocycles. The zero-order chi connectivity index (χ0) is 28.7. The number of nitrogens with zero attached hydrogens (tertiary/aromatic N) is 3. The predicted molar refractivity (Wildman–Crippen MR) is 170 cm³/mol. The first-order valence-corrected chi connectivity index (χ1v) is 14.5. The third-order valence-corrected chi connectivity index (χ3v) is 8.37. The molecule has 7 rings (SSSR count). The standard InChI is InChI=1S/C23H19N2OS.C13H12N.Ir/c1-13-8-10-17(24-12-13)16-7-5-6-14-15-9-11-18-19(21(15)26-20(14)16)25-22(27-18)23(2,3)4;1-10-3-6-12(7-4-10)13-8-5-11(2)9-14-13;/h5-6,8-12H,1-4H3;3-6,8-9H,1-2H3;/q2*-1;. The van der Waals surface area contributed by atoms with E-state index in [2.05, 4.69) is 86.2 Å². The van der Waals surface area contributed by atoms with Gasteiger partial charge in [-0.05, 0) is 42.4 Å². The Labute approximate surface area is 264 Å². The predicted octanol–water partition coefficient (Wildman–Crippen LogP) is 9.83. The Morgan fingerprint density at radius 2 is 1.38 bits per heavy atom. The van der Waals surface area contributed by atoms with Crippen LogP contribution >= 0.6 is 11.3 Å². The van der Waals surface area contributed by atoms with Gasteiger partial charge in [-0.25, -0.2) is 4.98 Å². The maximum atomic E-state index is 6.38. The van der Waals surface area contributed by atoms with Gasteiger partial charge in [0.05, 0.1) is 15.3 Å². The summed E-state index contributed by atoms with van der Waals surface area (Å²) in [5.74, 6) is 0. The second-order valence-corrected chi connectivity index (χ2v) is 12.5. The molecule has 0 N–H and O–H groups in total. The Hall–Kier alpha value is -3.70. The maximum absolute atomic E-state index is 6.38. The molecule has 0 amide bonds. The fourth-order valence-electron chi connectivity index (χ4n) is 4.61. The van der Waals surface area contributed by atoms with Gasteiger partial charge >= 0.3 is 0 Å². The number of fused-ring (bicyclic) bond motifs is 5. The molecule has 0 fully saturated rings. The van der Waals surface area contributed by atoms with Gasteiger partial charge in [0.2, 0.25) is 0 Å². The van der Waals surface area contributed by atoms with E-state index in [0.717, 1.165) is 65.2 Å². The van der Waals surface area contributed by atoms with Crippen LogP contribution in [0.5, 0.6) is 0 Å². The molecule has 1 radical (unpaired) electrons. The molecule has 0 aliphatic rings.